The maximum Gasteiger partial charge on any atom is 0.334 e. The number of benzene rings is 1. The average molecular weight is 295 g/mol. The topological polar surface area (TPSA) is 68.2 Å². The highest BCUT2D eigenvalue weighted by Crippen LogP contribution is 2.33. The third-order valence-corrected chi connectivity index (χ3v) is 3.81. The highest BCUT2D eigenvalue weighted by molar-refractivity contribution is 5.72. The number of nitrogens with zero attached hydrogens (tertiary/aromatic N) is 1. The van der Waals surface area contributed by atoms with E-state index in [2.05, 4.69) is 4.90 Å². The molecule has 1 heterocycles. The van der Waals surface area contributed by atoms with Crippen LogP contribution in [0.3, 0.4) is 0 Å². The Morgan fingerprint density at radius 1 is 1.43 bits per heavy atom. The van der Waals surface area contributed by atoms with Gasteiger partial charge in [-0.2, -0.15) is 0 Å². The molecule has 0 spiro atoms. The Labute approximate surface area is 124 Å². The molecule has 0 amide bonds. The van der Waals surface area contributed by atoms with Crippen LogP contribution in [0, 0.1) is 0 Å². The molecular weight excluding hydrogens is 274 g/mol. The molecular formula is C15H21NO5. The normalized spacial score (nSPS) is 20.8. The fraction of sp³-hybridized carbons (Fsp3) is 0.533. The first-order valence-electron chi connectivity index (χ1n) is 6.87. The van der Waals surface area contributed by atoms with Gasteiger partial charge in [-0.3, -0.25) is 4.90 Å². The van der Waals surface area contributed by atoms with Gasteiger partial charge in [0.15, 0.2) is 6.10 Å². The monoisotopic (exact) mass is 295 g/mol. The number of carbonyl (C=O) groups is 1. The number of carboxylic acids is 1. The molecule has 1 aliphatic heterocycles. The molecule has 0 aliphatic carbocycles. The van der Waals surface area contributed by atoms with Crippen molar-refractivity contribution in [1.82, 2.24) is 4.90 Å². The first-order valence-corrected chi connectivity index (χ1v) is 6.87. The molecule has 1 N–H and O–H groups in total. The Kier molecular flexibility index (Phi) is 5.03. The van der Waals surface area contributed by atoms with Gasteiger partial charge in [-0.1, -0.05) is 0 Å². The summed E-state index contributed by atoms with van der Waals surface area (Å²) in [5, 5.41) is 9.09. The maximum absolute atomic E-state index is 11.1. The Hall–Kier alpha value is -1.79. The van der Waals surface area contributed by atoms with Gasteiger partial charge in [0.1, 0.15) is 11.5 Å². The van der Waals surface area contributed by atoms with Crippen molar-refractivity contribution in [2.24, 2.45) is 0 Å². The van der Waals surface area contributed by atoms with E-state index in [1.165, 1.54) is 0 Å². The maximum atomic E-state index is 11.1. The Balaban J connectivity index is 2.22. The zero-order valence-electron chi connectivity index (χ0n) is 12.5. The van der Waals surface area contributed by atoms with E-state index >= 15 is 0 Å². The zero-order chi connectivity index (χ0) is 15.4. The molecule has 2 rings (SSSR count). The largest absolute Gasteiger partial charge is 0.497 e. The van der Waals surface area contributed by atoms with Gasteiger partial charge in [0.05, 0.1) is 20.8 Å². The lowest BCUT2D eigenvalue weighted by Crippen LogP contribution is -2.46. The van der Waals surface area contributed by atoms with Gasteiger partial charge >= 0.3 is 5.97 Å². The van der Waals surface area contributed by atoms with Gasteiger partial charge in [-0.05, 0) is 25.1 Å². The van der Waals surface area contributed by atoms with Crippen LogP contribution in [0.5, 0.6) is 11.5 Å². The molecule has 0 saturated carbocycles. The number of carboxylic acid groups (broad SMARTS) is 1. The van der Waals surface area contributed by atoms with E-state index in [0.717, 1.165) is 17.1 Å². The molecule has 1 saturated heterocycles. The molecule has 6 heteroatoms. The van der Waals surface area contributed by atoms with Gasteiger partial charge in [-0.25, -0.2) is 4.79 Å². The zero-order valence-corrected chi connectivity index (χ0v) is 12.5. The molecule has 21 heavy (non-hydrogen) atoms. The summed E-state index contributed by atoms with van der Waals surface area (Å²) in [5.74, 6) is 0.590. The summed E-state index contributed by atoms with van der Waals surface area (Å²) in [5.41, 5.74) is 0.975. The summed E-state index contributed by atoms with van der Waals surface area (Å²) in [6.45, 7) is 3.48. The standard InChI is InChI=1S/C15H21NO5/c1-10(16-6-7-21-14(9-16)15(17)18)12-8-11(19-2)4-5-13(12)20-3/h4-5,8,10,14H,6-7,9H2,1-3H3,(H,17,18). The molecule has 1 aliphatic rings. The molecule has 2 unspecified atom stereocenters. The van der Waals surface area contributed by atoms with Crippen molar-refractivity contribution in [1.29, 1.82) is 0 Å². The molecule has 0 radical (unpaired) electrons. The lowest BCUT2D eigenvalue weighted by atomic mass is 10.0. The van der Waals surface area contributed by atoms with Gasteiger partial charge < -0.3 is 19.3 Å². The SMILES string of the molecule is COc1ccc(OC)c(C(C)N2CCOC(C(=O)O)C2)c1. The molecule has 1 fully saturated rings. The first-order chi connectivity index (χ1) is 10.1. The van der Waals surface area contributed by atoms with Gasteiger partial charge in [0.25, 0.3) is 0 Å². The minimum Gasteiger partial charge on any atom is -0.497 e. The number of hydrogen-bond donors (Lipinski definition) is 1. The van der Waals surface area contributed by atoms with E-state index < -0.39 is 12.1 Å². The van der Waals surface area contributed by atoms with Crippen LogP contribution in [0.25, 0.3) is 0 Å². The van der Waals surface area contributed by atoms with Crippen LogP contribution in [-0.4, -0.2) is 56.0 Å². The number of hydrogen-bond acceptors (Lipinski definition) is 5. The number of rotatable bonds is 5. The smallest absolute Gasteiger partial charge is 0.334 e. The van der Waals surface area contributed by atoms with Crippen LogP contribution in [0.15, 0.2) is 18.2 Å². The van der Waals surface area contributed by atoms with Crippen molar-refractivity contribution in [3.8, 4) is 11.5 Å². The predicted molar refractivity (Wildman–Crippen MR) is 76.9 cm³/mol. The Morgan fingerprint density at radius 3 is 2.81 bits per heavy atom. The highest BCUT2D eigenvalue weighted by Gasteiger charge is 2.30. The van der Waals surface area contributed by atoms with Crippen molar-refractivity contribution >= 4 is 5.97 Å². The van der Waals surface area contributed by atoms with Crippen molar-refractivity contribution in [2.45, 2.75) is 19.1 Å². The second-order valence-corrected chi connectivity index (χ2v) is 4.98. The molecule has 0 bridgehead atoms. The summed E-state index contributed by atoms with van der Waals surface area (Å²) < 4.78 is 15.9. The van der Waals surface area contributed by atoms with Crippen LogP contribution in [-0.2, 0) is 9.53 Å². The molecule has 116 valence electrons. The van der Waals surface area contributed by atoms with Gasteiger partial charge in [0.2, 0.25) is 0 Å². The number of aliphatic carboxylic acids is 1. The van der Waals surface area contributed by atoms with Gasteiger partial charge in [-0.15, -0.1) is 0 Å². The molecule has 6 nitrogen and oxygen atoms in total. The fourth-order valence-corrected chi connectivity index (χ4v) is 2.53. The van der Waals surface area contributed by atoms with Crippen molar-refractivity contribution in [3.05, 3.63) is 23.8 Å². The van der Waals surface area contributed by atoms with Crippen LogP contribution in [0.1, 0.15) is 18.5 Å². The number of ether oxygens (including phenoxy) is 3. The Bertz CT molecular complexity index is 505. The van der Waals surface area contributed by atoms with Crippen LogP contribution < -0.4 is 9.47 Å². The third kappa shape index (κ3) is 3.46. The number of methoxy groups -OCH3 is 2. The van der Waals surface area contributed by atoms with Crippen LogP contribution in [0.4, 0.5) is 0 Å². The lowest BCUT2D eigenvalue weighted by molar-refractivity contribution is -0.157. The van der Waals surface area contributed by atoms with Crippen molar-refractivity contribution in [2.75, 3.05) is 33.9 Å². The minimum absolute atomic E-state index is 0.0146. The first kappa shape index (κ1) is 15.6. The van der Waals surface area contributed by atoms with Crippen LogP contribution >= 0.6 is 0 Å². The predicted octanol–water partition coefficient (Wildman–Crippen LogP) is 1.55. The summed E-state index contributed by atoms with van der Waals surface area (Å²) in [4.78, 5) is 13.2. The second-order valence-electron chi connectivity index (χ2n) is 4.98. The van der Waals surface area contributed by atoms with Crippen molar-refractivity contribution in [3.63, 3.8) is 0 Å². The lowest BCUT2D eigenvalue weighted by Gasteiger charge is -2.35. The van der Waals surface area contributed by atoms with E-state index in [0.29, 0.717) is 19.7 Å². The highest BCUT2D eigenvalue weighted by atomic mass is 16.5. The quantitative estimate of drug-likeness (QED) is 0.889. The number of morpholine rings is 1. The van der Waals surface area contributed by atoms with Gasteiger partial charge in [0, 0.05) is 24.7 Å². The molecule has 1 aromatic carbocycles. The minimum atomic E-state index is -0.926. The molecule has 0 aromatic heterocycles. The molecule has 2 atom stereocenters. The third-order valence-electron chi connectivity index (χ3n) is 3.81. The van der Waals surface area contributed by atoms with E-state index in [1.807, 2.05) is 25.1 Å². The summed E-state index contributed by atoms with van der Waals surface area (Å²) in [6.07, 6.45) is -0.780. The fourth-order valence-electron chi connectivity index (χ4n) is 2.53. The summed E-state index contributed by atoms with van der Waals surface area (Å²) in [7, 11) is 3.24. The van der Waals surface area contributed by atoms with E-state index in [9.17, 15) is 4.79 Å². The summed E-state index contributed by atoms with van der Waals surface area (Å²) in [6, 6.07) is 5.64. The molecule has 1 aromatic rings. The van der Waals surface area contributed by atoms with Crippen molar-refractivity contribution < 1.29 is 24.1 Å². The Morgan fingerprint density at radius 2 is 2.19 bits per heavy atom. The average Bonchev–Trinajstić information content (AvgIpc) is 2.53. The van der Waals surface area contributed by atoms with E-state index in [-0.39, 0.29) is 6.04 Å². The second kappa shape index (κ2) is 6.78. The van der Waals surface area contributed by atoms with E-state index in [1.54, 1.807) is 14.2 Å². The van der Waals surface area contributed by atoms with Crippen LogP contribution in [0.2, 0.25) is 0 Å². The summed E-state index contributed by atoms with van der Waals surface area (Å²) >= 11 is 0. The van der Waals surface area contributed by atoms with E-state index in [4.69, 9.17) is 19.3 Å².